The van der Waals surface area contributed by atoms with Crippen molar-refractivity contribution < 1.29 is 19.7 Å². The SMILES string of the molecule is COc1ccc(C(O)C(=O)O)c(Br)c1. The highest BCUT2D eigenvalue weighted by Gasteiger charge is 2.18. The molecule has 0 aliphatic rings. The van der Waals surface area contributed by atoms with Crippen LogP contribution in [0.25, 0.3) is 0 Å². The lowest BCUT2D eigenvalue weighted by Gasteiger charge is -2.09. The number of carboxylic acids is 1. The number of benzene rings is 1. The van der Waals surface area contributed by atoms with Gasteiger partial charge in [-0.3, -0.25) is 0 Å². The number of carbonyl (C=O) groups is 1. The summed E-state index contributed by atoms with van der Waals surface area (Å²) < 4.78 is 5.44. The largest absolute Gasteiger partial charge is 0.497 e. The Kier molecular flexibility index (Phi) is 3.49. The van der Waals surface area contributed by atoms with Crippen molar-refractivity contribution in [3.8, 4) is 5.75 Å². The summed E-state index contributed by atoms with van der Waals surface area (Å²) in [5.74, 6) is -0.686. The lowest BCUT2D eigenvalue weighted by Crippen LogP contribution is -2.10. The standard InChI is InChI=1S/C9H9BrO4/c1-14-5-2-3-6(7(10)4-5)8(11)9(12)13/h2-4,8,11H,1H3,(H,12,13). The van der Waals surface area contributed by atoms with E-state index >= 15 is 0 Å². The third-order valence-electron chi connectivity index (χ3n) is 1.74. The number of methoxy groups -OCH3 is 1. The number of ether oxygens (including phenoxy) is 1. The first-order chi connectivity index (χ1) is 6.56. The first-order valence-corrected chi connectivity index (χ1v) is 4.60. The van der Waals surface area contributed by atoms with Crippen molar-refractivity contribution in [3.05, 3.63) is 28.2 Å². The van der Waals surface area contributed by atoms with E-state index in [1.54, 1.807) is 12.1 Å². The van der Waals surface area contributed by atoms with Crippen LogP contribution in [0.3, 0.4) is 0 Å². The summed E-state index contributed by atoms with van der Waals surface area (Å²) in [5, 5.41) is 17.9. The molecule has 1 atom stereocenters. The van der Waals surface area contributed by atoms with Crippen LogP contribution in [0.2, 0.25) is 0 Å². The monoisotopic (exact) mass is 260 g/mol. The van der Waals surface area contributed by atoms with Crippen molar-refractivity contribution in [3.63, 3.8) is 0 Å². The zero-order valence-corrected chi connectivity index (χ0v) is 8.98. The maximum atomic E-state index is 10.5. The fourth-order valence-electron chi connectivity index (χ4n) is 0.990. The molecule has 0 heterocycles. The van der Waals surface area contributed by atoms with Crippen LogP contribution in [0.5, 0.6) is 5.75 Å². The number of carboxylic acid groups (broad SMARTS) is 1. The number of hydrogen-bond donors (Lipinski definition) is 2. The molecule has 0 radical (unpaired) electrons. The molecule has 2 N–H and O–H groups in total. The second kappa shape index (κ2) is 4.43. The third-order valence-corrected chi connectivity index (χ3v) is 2.42. The molecule has 4 nitrogen and oxygen atoms in total. The summed E-state index contributed by atoms with van der Waals surface area (Å²) >= 11 is 3.15. The van der Waals surface area contributed by atoms with Gasteiger partial charge in [0.15, 0.2) is 6.10 Å². The second-order valence-electron chi connectivity index (χ2n) is 2.63. The van der Waals surface area contributed by atoms with Gasteiger partial charge in [-0.1, -0.05) is 22.0 Å². The van der Waals surface area contributed by atoms with Crippen molar-refractivity contribution in [1.29, 1.82) is 0 Å². The zero-order chi connectivity index (χ0) is 10.7. The Morgan fingerprint density at radius 1 is 1.57 bits per heavy atom. The van der Waals surface area contributed by atoms with E-state index in [9.17, 15) is 9.90 Å². The van der Waals surface area contributed by atoms with Crippen molar-refractivity contribution in [1.82, 2.24) is 0 Å². The predicted molar refractivity (Wildman–Crippen MR) is 53.3 cm³/mol. The van der Waals surface area contributed by atoms with E-state index in [2.05, 4.69) is 15.9 Å². The van der Waals surface area contributed by atoms with Gasteiger partial charge in [-0.25, -0.2) is 4.79 Å². The molecule has 0 bridgehead atoms. The molecule has 0 spiro atoms. The van der Waals surface area contributed by atoms with Gasteiger partial charge in [-0.2, -0.15) is 0 Å². The highest BCUT2D eigenvalue weighted by molar-refractivity contribution is 9.10. The van der Waals surface area contributed by atoms with Crippen molar-refractivity contribution >= 4 is 21.9 Å². The summed E-state index contributed by atoms with van der Waals surface area (Å²) in [6, 6.07) is 4.69. The third kappa shape index (κ3) is 2.24. The Labute approximate surface area is 89.3 Å². The molecule has 5 heteroatoms. The predicted octanol–water partition coefficient (Wildman–Crippen LogP) is 1.58. The highest BCUT2D eigenvalue weighted by Crippen LogP contribution is 2.27. The number of aliphatic carboxylic acids is 1. The van der Waals surface area contributed by atoms with E-state index in [1.165, 1.54) is 13.2 Å². The molecule has 0 aliphatic heterocycles. The van der Waals surface area contributed by atoms with Gasteiger partial charge in [-0.15, -0.1) is 0 Å². The molecule has 0 amide bonds. The minimum absolute atomic E-state index is 0.304. The molecule has 0 saturated heterocycles. The summed E-state index contributed by atoms with van der Waals surface area (Å²) in [6.45, 7) is 0. The van der Waals surface area contributed by atoms with E-state index in [4.69, 9.17) is 9.84 Å². The summed E-state index contributed by atoms with van der Waals surface area (Å²) in [5.41, 5.74) is 0.304. The summed E-state index contributed by atoms with van der Waals surface area (Å²) in [6.07, 6.45) is -1.52. The van der Waals surface area contributed by atoms with Gasteiger partial charge < -0.3 is 14.9 Å². The van der Waals surface area contributed by atoms with Gasteiger partial charge in [0.25, 0.3) is 0 Å². The lowest BCUT2D eigenvalue weighted by atomic mass is 10.1. The normalized spacial score (nSPS) is 12.2. The fraction of sp³-hybridized carbons (Fsp3) is 0.222. The first-order valence-electron chi connectivity index (χ1n) is 3.80. The van der Waals surface area contributed by atoms with E-state index in [0.717, 1.165) is 0 Å². The van der Waals surface area contributed by atoms with Crippen LogP contribution in [0, 0.1) is 0 Å². The number of hydrogen-bond acceptors (Lipinski definition) is 3. The molecular weight excluding hydrogens is 252 g/mol. The Balaban J connectivity index is 3.05. The molecule has 1 rings (SSSR count). The Hall–Kier alpha value is -1.07. The molecule has 76 valence electrons. The van der Waals surface area contributed by atoms with Crippen LogP contribution in [0.15, 0.2) is 22.7 Å². The van der Waals surface area contributed by atoms with Crippen LogP contribution >= 0.6 is 15.9 Å². The van der Waals surface area contributed by atoms with Gasteiger partial charge in [0, 0.05) is 10.0 Å². The average Bonchev–Trinajstić information content (AvgIpc) is 2.16. The number of aliphatic hydroxyl groups is 1. The van der Waals surface area contributed by atoms with E-state index in [0.29, 0.717) is 15.8 Å². The Bertz CT molecular complexity index is 351. The average molecular weight is 261 g/mol. The molecule has 0 saturated carbocycles. The lowest BCUT2D eigenvalue weighted by molar-refractivity contribution is -0.147. The zero-order valence-electron chi connectivity index (χ0n) is 7.40. The molecule has 0 aromatic heterocycles. The summed E-state index contributed by atoms with van der Waals surface area (Å²) in [4.78, 5) is 10.5. The molecule has 1 aromatic rings. The van der Waals surface area contributed by atoms with Gasteiger partial charge >= 0.3 is 5.97 Å². The number of aliphatic hydroxyl groups excluding tert-OH is 1. The first kappa shape index (κ1) is 11.0. The molecule has 0 fully saturated rings. The van der Waals surface area contributed by atoms with Crippen LogP contribution in [-0.2, 0) is 4.79 Å². The molecule has 0 aliphatic carbocycles. The summed E-state index contributed by atoms with van der Waals surface area (Å²) in [7, 11) is 1.51. The molecule has 1 unspecified atom stereocenters. The second-order valence-corrected chi connectivity index (χ2v) is 3.48. The quantitative estimate of drug-likeness (QED) is 0.866. The maximum Gasteiger partial charge on any atom is 0.337 e. The van der Waals surface area contributed by atoms with Crippen LogP contribution < -0.4 is 4.74 Å². The van der Waals surface area contributed by atoms with Crippen molar-refractivity contribution in [2.75, 3.05) is 7.11 Å². The highest BCUT2D eigenvalue weighted by atomic mass is 79.9. The topological polar surface area (TPSA) is 66.8 Å². The smallest absolute Gasteiger partial charge is 0.337 e. The number of halogens is 1. The van der Waals surface area contributed by atoms with E-state index in [1.807, 2.05) is 0 Å². The van der Waals surface area contributed by atoms with Gasteiger partial charge in [-0.05, 0) is 12.1 Å². The van der Waals surface area contributed by atoms with E-state index in [-0.39, 0.29) is 0 Å². The Morgan fingerprint density at radius 2 is 2.21 bits per heavy atom. The maximum absolute atomic E-state index is 10.5. The van der Waals surface area contributed by atoms with Crippen molar-refractivity contribution in [2.45, 2.75) is 6.10 Å². The van der Waals surface area contributed by atoms with Gasteiger partial charge in [0.05, 0.1) is 7.11 Å². The Morgan fingerprint density at radius 3 is 2.64 bits per heavy atom. The molecule has 14 heavy (non-hydrogen) atoms. The van der Waals surface area contributed by atoms with Crippen LogP contribution in [0.1, 0.15) is 11.7 Å². The van der Waals surface area contributed by atoms with Gasteiger partial charge in [0.1, 0.15) is 5.75 Å². The molecule has 1 aromatic carbocycles. The van der Waals surface area contributed by atoms with Crippen molar-refractivity contribution in [2.24, 2.45) is 0 Å². The number of rotatable bonds is 3. The van der Waals surface area contributed by atoms with Crippen LogP contribution in [0.4, 0.5) is 0 Å². The molecular formula is C9H9BrO4. The fourth-order valence-corrected chi connectivity index (χ4v) is 1.56. The minimum atomic E-state index is -1.52. The van der Waals surface area contributed by atoms with Gasteiger partial charge in [0.2, 0.25) is 0 Å². The minimum Gasteiger partial charge on any atom is -0.497 e. The van der Waals surface area contributed by atoms with E-state index < -0.39 is 12.1 Å². The van der Waals surface area contributed by atoms with Crippen LogP contribution in [-0.4, -0.2) is 23.3 Å².